The molecule has 47 heavy (non-hydrogen) atoms. The van der Waals surface area contributed by atoms with E-state index in [-0.39, 0.29) is 0 Å². The van der Waals surface area contributed by atoms with Gasteiger partial charge in [0.25, 0.3) is 0 Å². The smallest absolute Gasteiger partial charge is 0.164 e. The SMILES string of the molecule is c1ccc(-c2ccc(-c3ccc4cc(-c5nc(-c6ccccc6)nc(-c6ccccc6)n5)c5c6ccccc6oc5c4c3)cc2)cc1. The van der Waals surface area contributed by atoms with Gasteiger partial charge in [0, 0.05) is 32.8 Å². The minimum atomic E-state index is 0.608. The zero-order valence-electron chi connectivity index (χ0n) is 25.3. The van der Waals surface area contributed by atoms with Crippen LogP contribution in [0.3, 0.4) is 0 Å². The molecule has 4 nitrogen and oxygen atoms in total. The van der Waals surface area contributed by atoms with E-state index in [4.69, 9.17) is 19.4 Å². The Labute approximate surface area is 271 Å². The summed E-state index contributed by atoms with van der Waals surface area (Å²) in [6.07, 6.45) is 0. The molecule has 7 aromatic carbocycles. The number of fused-ring (bicyclic) bond motifs is 5. The van der Waals surface area contributed by atoms with Crippen LogP contribution in [0.25, 0.3) is 89.1 Å². The normalized spacial score (nSPS) is 11.4. The maximum atomic E-state index is 6.65. The number of furan rings is 1. The molecule has 0 unspecified atom stereocenters. The summed E-state index contributed by atoms with van der Waals surface area (Å²) in [5, 5.41) is 4.12. The average Bonchev–Trinajstić information content (AvgIpc) is 3.55. The van der Waals surface area contributed by atoms with E-state index in [2.05, 4.69) is 78.9 Å². The Bertz CT molecular complexity index is 2480. The molecule has 0 amide bonds. The molecule has 0 saturated heterocycles. The van der Waals surface area contributed by atoms with Crippen LogP contribution in [0.5, 0.6) is 0 Å². The number of hydrogen-bond acceptors (Lipinski definition) is 4. The van der Waals surface area contributed by atoms with E-state index in [1.54, 1.807) is 0 Å². The molecular weight excluding hydrogens is 574 g/mol. The van der Waals surface area contributed by atoms with E-state index in [1.807, 2.05) is 84.9 Å². The Hall–Kier alpha value is -6.39. The molecule has 0 N–H and O–H groups in total. The van der Waals surface area contributed by atoms with E-state index < -0.39 is 0 Å². The predicted octanol–water partition coefficient (Wildman–Crippen LogP) is 11.3. The quantitative estimate of drug-likeness (QED) is 0.197. The maximum absolute atomic E-state index is 6.65. The number of nitrogens with zero attached hydrogens (tertiary/aromatic N) is 3. The largest absolute Gasteiger partial charge is 0.455 e. The fourth-order valence-electron chi connectivity index (χ4n) is 6.38. The van der Waals surface area contributed by atoms with Crippen molar-refractivity contribution in [3.8, 4) is 56.4 Å². The summed E-state index contributed by atoms with van der Waals surface area (Å²) in [6.45, 7) is 0. The number of rotatable bonds is 5. The van der Waals surface area contributed by atoms with E-state index in [1.165, 1.54) is 11.1 Å². The summed E-state index contributed by atoms with van der Waals surface area (Å²) in [4.78, 5) is 15.1. The molecule has 0 atom stereocenters. The fraction of sp³-hybridized carbons (Fsp3) is 0. The van der Waals surface area contributed by atoms with Crippen LogP contribution in [-0.4, -0.2) is 15.0 Å². The molecule has 0 spiro atoms. The topological polar surface area (TPSA) is 51.8 Å². The van der Waals surface area contributed by atoms with Gasteiger partial charge in [0.05, 0.1) is 0 Å². The highest BCUT2D eigenvalue weighted by Crippen LogP contribution is 2.42. The molecule has 0 radical (unpaired) electrons. The van der Waals surface area contributed by atoms with Crippen molar-refractivity contribution in [1.29, 1.82) is 0 Å². The predicted molar refractivity (Wildman–Crippen MR) is 192 cm³/mol. The van der Waals surface area contributed by atoms with Gasteiger partial charge in [-0.05, 0) is 45.8 Å². The average molecular weight is 602 g/mol. The minimum Gasteiger partial charge on any atom is -0.455 e. The van der Waals surface area contributed by atoms with Crippen molar-refractivity contribution in [2.45, 2.75) is 0 Å². The molecule has 0 saturated carbocycles. The maximum Gasteiger partial charge on any atom is 0.164 e. The molecule has 0 aliphatic rings. The summed E-state index contributed by atoms with van der Waals surface area (Å²) in [7, 11) is 0. The minimum absolute atomic E-state index is 0.608. The monoisotopic (exact) mass is 601 g/mol. The standard InChI is InChI=1S/C43H27N3O/c1-4-12-28(13-5-1)29-20-22-30(23-21-29)33-24-25-34-27-37(39-35-18-10-11-19-38(35)47-40(39)36(34)26-33)43-45-41(31-14-6-2-7-15-31)44-42(46-43)32-16-8-3-9-17-32/h1-27H. The Morgan fingerprint density at radius 3 is 1.49 bits per heavy atom. The Morgan fingerprint density at radius 1 is 0.362 bits per heavy atom. The summed E-state index contributed by atoms with van der Waals surface area (Å²) in [5.41, 5.74) is 9.12. The summed E-state index contributed by atoms with van der Waals surface area (Å²) in [5.74, 6) is 1.87. The second-order valence-electron chi connectivity index (χ2n) is 11.6. The van der Waals surface area contributed by atoms with Crippen molar-refractivity contribution in [3.63, 3.8) is 0 Å². The van der Waals surface area contributed by atoms with Gasteiger partial charge in [-0.25, -0.2) is 15.0 Å². The van der Waals surface area contributed by atoms with Crippen molar-refractivity contribution in [2.24, 2.45) is 0 Å². The Morgan fingerprint density at radius 2 is 0.851 bits per heavy atom. The summed E-state index contributed by atoms with van der Waals surface area (Å²) >= 11 is 0. The first-order chi connectivity index (χ1) is 23.3. The Kier molecular flexibility index (Phi) is 6.43. The van der Waals surface area contributed by atoms with Crippen LogP contribution < -0.4 is 0 Å². The van der Waals surface area contributed by atoms with Crippen LogP contribution in [0, 0.1) is 0 Å². The molecule has 220 valence electrons. The number of para-hydroxylation sites is 1. The summed E-state index contributed by atoms with van der Waals surface area (Å²) in [6, 6.07) is 56.3. The van der Waals surface area contributed by atoms with E-state index in [0.717, 1.165) is 60.5 Å². The third-order valence-electron chi connectivity index (χ3n) is 8.73. The van der Waals surface area contributed by atoms with E-state index >= 15 is 0 Å². The molecule has 2 heterocycles. The first-order valence-corrected chi connectivity index (χ1v) is 15.7. The van der Waals surface area contributed by atoms with Crippen LogP contribution in [0.2, 0.25) is 0 Å². The fourth-order valence-corrected chi connectivity index (χ4v) is 6.38. The zero-order chi connectivity index (χ0) is 31.2. The van der Waals surface area contributed by atoms with Crippen LogP contribution >= 0.6 is 0 Å². The highest BCUT2D eigenvalue weighted by molar-refractivity contribution is 6.21. The van der Waals surface area contributed by atoms with Crippen LogP contribution in [-0.2, 0) is 0 Å². The van der Waals surface area contributed by atoms with Gasteiger partial charge in [0.15, 0.2) is 17.5 Å². The lowest BCUT2D eigenvalue weighted by Crippen LogP contribution is -2.00. The highest BCUT2D eigenvalue weighted by atomic mass is 16.3. The molecule has 4 heteroatoms. The molecule has 0 aliphatic carbocycles. The molecular formula is C43H27N3O. The van der Waals surface area contributed by atoms with Gasteiger partial charge in [-0.1, -0.05) is 146 Å². The Balaban J connectivity index is 1.26. The second-order valence-corrected chi connectivity index (χ2v) is 11.6. The molecule has 0 fully saturated rings. The molecule has 9 rings (SSSR count). The first kappa shape index (κ1) is 27.0. The lowest BCUT2D eigenvalue weighted by molar-refractivity contribution is 0.672. The van der Waals surface area contributed by atoms with Crippen molar-refractivity contribution >= 4 is 32.7 Å². The van der Waals surface area contributed by atoms with Gasteiger partial charge in [-0.15, -0.1) is 0 Å². The van der Waals surface area contributed by atoms with Crippen molar-refractivity contribution in [3.05, 3.63) is 164 Å². The van der Waals surface area contributed by atoms with E-state index in [0.29, 0.717) is 17.5 Å². The lowest BCUT2D eigenvalue weighted by atomic mass is 9.95. The summed E-state index contributed by atoms with van der Waals surface area (Å²) < 4.78 is 6.65. The molecule has 2 aromatic heterocycles. The molecule has 0 bridgehead atoms. The first-order valence-electron chi connectivity index (χ1n) is 15.7. The van der Waals surface area contributed by atoms with Gasteiger partial charge in [0.2, 0.25) is 0 Å². The van der Waals surface area contributed by atoms with Gasteiger partial charge < -0.3 is 4.42 Å². The van der Waals surface area contributed by atoms with Crippen molar-refractivity contribution < 1.29 is 4.42 Å². The van der Waals surface area contributed by atoms with Gasteiger partial charge >= 0.3 is 0 Å². The van der Waals surface area contributed by atoms with E-state index in [9.17, 15) is 0 Å². The van der Waals surface area contributed by atoms with Crippen LogP contribution in [0.15, 0.2) is 168 Å². The van der Waals surface area contributed by atoms with Gasteiger partial charge in [-0.2, -0.15) is 0 Å². The van der Waals surface area contributed by atoms with Crippen LogP contribution in [0.1, 0.15) is 0 Å². The lowest BCUT2D eigenvalue weighted by Gasteiger charge is -2.11. The van der Waals surface area contributed by atoms with Crippen molar-refractivity contribution in [1.82, 2.24) is 15.0 Å². The molecule has 0 aliphatic heterocycles. The highest BCUT2D eigenvalue weighted by Gasteiger charge is 2.20. The second kappa shape index (κ2) is 11.2. The third kappa shape index (κ3) is 4.84. The van der Waals surface area contributed by atoms with Crippen LogP contribution in [0.4, 0.5) is 0 Å². The third-order valence-corrected chi connectivity index (χ3v) is 8.73. The zero-order valence-corrected chi connectivity index (χ0v) is 25.3. The number of hydrogen-bond donors (Lipinski definition) is 0. The number of aromatic nitrogens is 3. The molecule has 9 aromatic rings. The van der Waals surface area contributed by atoms with Gasteiger partial charge in [-0.3, -0.25) is 0 Å². The van der Waals surface area contributed by atoms with Gasteiger partial charge in [0.1, 0.15) is 11.2 Å². The number of benzene rings is 7. The van der Waals surface area contributed by atoms with Crippen molar-refractivity contribution in [2.75, 3.05) is 0 Å².